The number of halogens is 3. The molecular weight excluding hydrogens is 373 g/mol. The monoisotopic (exact) mass is 390 g/mol. The summed E-state index contributed by atoms with van der Waals surface area (Å²) in [6.45, 7) is 2.23. The third-order valence-corrected chi connectivity index (χ3v) is 4.00. The summed E-state index contributed by atoms with van der Waals surface area (Å²) in [5.74, 6) is 0. The van der Waals surface area contributed by atoms with E-state index in [1.54, 1.807) is 23.1 Å². The molecule has 4 nitrogen and oxygen atoms in total. The van der Waals surface area contributed by atoms with Crippen molar-refractivity contribution in [2.45, 2.75) is 19.6 Å². The van der Waals surface area contributed by atoms with Crippen LogP contribution < -0.4 is 10.6 Å². The standard InChI is InChI=1S/C19H17F3N4S/c1-13-5-7-16(8-6-13)24-18(27)25-17-10-23-26(12-17)11-14-3-2-4-15(9-14)19(20,21)22/h2-10,12H,11H2,1H3,(H2,24,25,27). The molecule has 0 aliphatic heterocycles. The molecule has 0 amide bonds. The predicted octanol–water partition coefficient (Wildman–Crippen LogP) is 5.07. The van der Waals surface area contributed by atoms with Crippen LogP contribution in [0.5, 0.6) is 0 Å². The highest BCUT2D eigenvalue weighted by atomic mass is 32.1. The number of nitrogens with one attached hydrogen (secondary N) is 2. The van der Waals surface area contributed by atoms with Gasteiger partial charge in [0.05, 0.1) is 24.0 Å². The van der Waals surface area contributed by atoms with Crippen LogP contribution in [0.15, 0.2) is 60.9 Å². The van der Waals surface area contributed by atoms with Crippen LogP contribution in [0, 0.1) is 6.92 Å². The lowest BCUT2D eigenvalue weighted by molar-refractivity contribution is -0.137. The van der Waals surface area contributed by atoms with Crippen molar-refractivity contribution in [1.29, 1.82) is 0 Å². The summed E-state index contributed by atoms with van der Waals surface area (Å²) in [7, 11) is 0. The van der Waals surface area contributed by atoms with Crippen molar-refractivity contribution in [2.75, 3.05) is 10.6 Å². The topological polar surface area (TPSA) is 41.9 Å². The third-order valence-electron chi connectivity index (χ3n) is 3.80. The van der Waals surface area contributed by atoms with E-state index in [-0.39, 0.29) is 6.54 Å². The zero-order valence-corrected chi connectivity index (χ0v) is 15.2. The Balaban J connectivity index is 1.61. The fourth-order valence-electron chi connectivity index (χ4n) is 2.48. The smallest absolute Gasteiger partial charge is 0.332 e. The number of aryl methyl sites for hydroxylation is 1. The van der Waals surface area contributed by atoms with Gasteiger partial charge >= 0.3 is 6.18 Å². The zero-order chi connectivity index (χ0) is 19.4. The Bertz CT molecular complexity index is 933. The second-order valence-corrected chi connectivity index (χ2v) is 6.48. The summed E-state index contributed by atoms with van der Waals surface area (Å²) in [6, 6.07) is 13.0. The summed E-state index contributed by atoms with van der Waals surface area (Å²) in [6.07, 6.45) is -1.11. The highest BCUT2D eigenvalue weighted by Gasteiger charge is 2.30. The van der Waals surface area contributed by atoms with E-state index in [2.05, 4.69) is 15.7 Å². The quantitative estimate of drug-likeness (QED) is 0.611. The normalized spacial score (nSPS) is 11.3. The van der Waals surface area contributed by atoms with Gasteiger partial charge in [0.2, 0.25) is 0 Å². The van der Waals surface area contributed by atoms with E-state index in [4.69, 9.17) is 12.2 Å². The summed E-state index contributed by atoms with van der Waals surface area (Å²) in [5.41, 5.74) is 2.49. The van der Waals surface area contributed by atoms with E-state index in [1.165, 1.54) is 6.07 Å². The molecule has 1 heterocycles. The summed E-state index contributed by atoms with van der Waals surface area (Å²) in [5, 5.41) is 10.6. The van der Waals surface area contributed by atoms with E-state index in [9.17, 15) is 13.2 Å². The Labute approximate surface area is 160 Å². The number of anilines is 2. The van der Waals surface area contributed by atoms with E-state index >= 15 is 0 Å². The van der Waals surface area contributed by atoms with Crippen molar-refractivity contribution in [2.24, 2.45) is 0 Å². The first kappa shape index (κ1) is 18.9. The maximum absolute atomic E-state index is 12.8. The number of thiocarbonyl (C=S) groups is 1. The first-order valence-electron chi connectivity index (χ1n) is 8.13. The van der Waals surface area contributed by atoms with Crippen molar-refractivity contribution in [1.82, 2.24) is 9.78 Å². The third kappa shape index (κ3) is 5.30. The molecule has 2 N–H and O–H groups in total. The van der Waals surface area contributed by atoms with Gasteiger partial charge in [-0.2, -0.15) is 18.3 Å². The van der Waals surface area contributed by atoms with Gasteiger partial charge in [-0.15, -0.1) is 0 Å². The number of rotatable bonds is 4. The molecule has 0 atom stereocenters. The Morgan fingerprint density at radius 1 is 1.07 bits per heavy atom. The molecule has 140 valence electrons. The van der Waals surface area contributed by atoms with Crippen molar-refractivity contribution in [3.05, 3.63) is 77.6 Å². The maximum atomic E-state index is 12.8. The lowest BCUT2D eigenvalue weighted by atomic mass is 10.1. The molecule has 0 unspecified atom stereocenters. The zero-order valence-electron chi connectivity index (χ0n) is 14.4. The van der Waals surface area contributed by atoms with Crippen LogP contribution in [0.1, 0.15) is 16.7 Å². The van der Waals surface area contributed by atoms with E-state index < -0.39 is 11.7 Å². The fraction of sp³-hybridized carbons (Fsp3) is 0.158. The predicted molar refractivity (Wildman–Crippen MR) is 104 cm³/mol. The minimum Gasteiger partial charge on any atom is -0.332 e. The fourth-order valence-corrected chi connectivity index (χ4v) is 2.71. The maximum Gasteiger partial charge on any atom is 0.416 e. The molecule has 3 aromatic rings. The van der Waals surface area contributed by atoms with Crippen LogP contribution in [0.25, 0.3) is 0 Å². The number of aromatic nitrogens is 2. The summed E-state index contributed by atoms with van der Waals surface area (Å²) in [4.78, 5) is 0. The molecule has 8 heteroatoms. The Morgan fingerprint density at radius 2 is 1.78 bits per heavy atom. The van der Waals surface area contributed by atoms with Gasteiger partial charge in [0.1, 0.15) is 0 Å². The number of benzene rings is 2. The molecule has 0 saturated carbocycles. The number of hydrogen-bond acceptors (Lipinski definition) is 2. The van der Waals surface area contributed by atoms with Crippen LogP contribution in [0.3, 0.4) is 0 Å². The Hall–Kier alpha value is -2.87. The molecule has 0 radical (unpaired) electrons. The lowest BCUT2D eigenvalue weighted by Crippen LogP contribution is -2.18. The number of nitrogens with zero attached hydrogens (tertiary/aromatic N) is 2. The van der Waals surface area contributed by atoms with Gasteiger partial charge in [-0.1, -0.05) is 29.8 Å². The van der Waals surface area contributed by atoms with Gasteiger partial charge in [0, 0.05) is 11.9 Å². The van der Waals surface area contributed by atoms with Crippen LogP contribution >= 0.6 is 12.2 Å². The molecule has 2 aromatic carbocycles. The average molecular weight is 390 g/mol. The lowest BCUT2D eigenvalue weighted by Gasteiger charge is -2.09. The van der Waals surface area contributed by atoms with Crippen LogP contribution in [-0.4, -0.2) is 14.9 Å². The van der Waals surface area contributed by atoms with Crippen LogP contribution in [0.4, 0.5) is 24.5 Å². The Kier molecular flexibility index (Phi) is 5.46. The first-order valence-corrected chi connectivity index (χ1v) is 8.54. The van der Waals surface area contributed by atoms with E-state index in [1.807, 2.05) is 31.2 Å². The molecule has 0 spiro atoms. The van der Waals surface area contributed by atoms with Crippen molar-refractivity contribution < 1.29 is 13.2 Å². The van der Waals surface area contributed by atoms with Gasteiger partial charge in [-0.25, -0.2) is 0 Å². The van der Waals surface area contributed by atoms with Gasteiger partial charge in [0.25, 0.3) is 0 Å². The first-order chi connectivity index (χ1) is 12.8. The summed E-state index contributed by atoms with van der Waals surface area (Å²) < 4.78 is 40.0. The second kappa shape index (κ2) is 7.79. The number of hydrogen-bond donors (Lipinski definition) is 2. The summed E-state index contributed by atoms with van der Waals surface area (Å²) >= 11 is 5.26. The SMILES string of the molecule is Cc1ccc(NC(=S)Nc2cnn(Cc3cccc(C(F)(F)F)c3)c2)cc1. The molecule has 1 aromatic heterocycles. The second-order valence-electron chi connectivity index (χ2n) is 6.07. The van der Waals surface area contributed by atoms with Crippen molar-refractivity contribution >= 4 is 28.7 Å². The molecule has 3 rings (SSSR count). The molecule has 0 aliphatic carbocycles. The minimum atomic E-state index is -4.36. The van der Waals surface area contributed by atoms with Crippen molar-refractivity contribution in [3.63, 3.8) is 0 Å². The molecule has 27 heavy (non-hydrogen) atoms. The average Bonchev–Trinajstić information content (AvgIpc) is 3.03. The molecular formula is C19H17F3N4S. The van der Waals surface area contributed by atoms with Gasteiger partial charge in [-0.05, 0) is 49.0 Å². The molecule has 0 bridgehead atoms. The molecule has 0 aliphatic rings. The Morgan fingerprint density at radius 3 is 2.48 bits per heavy atom. The highest BCUT2D eigenvalue weighted by Crippen LogP contribution is 2.29. The molecule has 0 saturated heterocycles. The van der Waals surface area contributed by atoms with Gasteiger partial charge in [0.15, 0.2) is 5.11 Å². The minimum absolute atomic E-state index is 0.226. The van der Waals surface area contributed by atoms with Crippen LogP contribution in [-0.2, 0) is 12.7 Å². The number of alkyl halides is 3. The molecule has 0 fully saturated rings. The highest BCUT2D eigenvalue weighted by molar-refractivity contribution is 7.80. The van der Waals surface area contributed by atoms with Gasteiger partial charge in [-0.3, -0.25) is 4.68 Å². The van der Waals surface area contributed by atoms with Crippen molar-refractivity contribution in [3.8, 4) is 0 Å². The largest absolute Gasteiger partial charge is 0.416 e. The van der Waals surface area contributed by atoms with Crippen LogP contribution in [0.2, 0.25) is 0 Å². The van der Waals surface area contributed by atoms with Gasteiger partial charge < -0.3 is 10.6 Å². The van der Waals surface area contributed by atoms with E-state index in [0.717, 1.165) is 23.4 Å². The van der Waals surface area contributed by atoms with E-state index in [0.29, 0.717) is 16.4 Å².